The van der Waals surface area contributed by atoms with Gasteiger partial charge in [-0.2, -0.15) is 0 Å². The Kier molecular flexibility index (Phi) is 7.56. The van der Waals surface area contributed by atoms with E-state index in [1.54, 1.807) is 36.6 Å². The number of amides is 1. The van der Waals surface area contributed by atoms with Crippen molar-refractivity contribution in [3.63, 3.8) is 0 Å². The number of benzene rings is 1. The van der Waals surface area contributed by atoms with Crippen molar-refractivity contribution >= 4 is 23.4 Å². The third-order valence-corrected chi connectivity index (χ3v) is 4.90. The molecule has 0 fully saturated rings. The van der Waals surface area contributed by atoms with Gasteiger partial charge in [-0.05, 0) is 38.1 Å². The van der Waals surface area contributed by atoms with Crippen LogP contribution in [0.5, 0.6) is 11.5 Å². The SMILES string of the molecule is C=CCn1c(SCC(=O)Nc2ccc(OCC)c(OCC)c2)nnc1-c1ccco1. The second-order valence-electron chi connectivity index (χ2n) is 6.05. The third kappa shape index (κ3) is 5.24. The molecule has 2 heterocycles. The topological polar surface area (TPSA) is 91.4 Å². The minimum absolute atomic E-state index is 0.167. The van der Waals surface area contributed by atoms with Crippen LogP contribution in [-0.4, -0.2) is 39.6 Å². The van der Waals surface area contributed by atoms with Gasteiger partial charge in [0.1, 0.15) is 0 Å². The quantitative estimate of drug-likeness (QED) is 0.360. The van der Waals surface area contributed by atoms with Gasteiger partial charge in [0.05, 0.1) is 25.2 Å². The van der Waals surface area contributed by atoms with Gasteiger partial charge in [0.2, 0.25) is 11.7 Å². The van der Waals surface area contributed by atoms with Crippen molar-refractivity contribution in [2.24, 2.45) is 0 Å². The van der Waals surface area contributed by atoms with Crippen molar-refractivity contribution in [1.29, 1.82) is 0 Å². The van der Waals surface area contributed by atoms with E-state index in [0.29, 0.717) is 53.7 Å². The lowest BCUT2D eigenvalue weighted by molar-refractivity contribution is -0.113. The number of carbonyl (C=O) groups is 1. The van der Waals surface area contributed by atoms with Crippen molar-refractivity contribution < 1.29 is 18.7 Å². The average Bonchev–Trinajstić information content (AvgIpc) is 3.39. The molecule has 0 atom stereocenters. The maximum absolute atomic E-state index is 12.5. The van der Waals surface area contributed by atoms with Gasteiger partial charge in [0, 0.05) is 18.3 Å². The monoisotopic (exact) mass is 428 g/mol. The Morgan fingerprint density at radius 3 is 2.73 bits per heavy atom. The van der Waals surface area contributed by atoms with Gasteiger partial charge in [-0.25, -0.2) is 0 Å². The standard InChI is InChI=1S/C21H24N4O4S/c1-4-11-25-20(17-8-7-12-29-17)23-24-21(25)30-14-19(26)22-15-9-10-16(27-5-2)18(13-15)28-6-3/h4,7-10,12-13H,1,5-6,11,14H2,2-3H3,(H,22,26). The lowest BCUT2D eigenvalue weighted by Gasteiger charge is -2.13. The first-order chi connectivity index (χ1) is 14.7. The lowest BCUT2D eigenvalue weighted by atomic mass is 10.2. The van der Waals surface area contributed by atoms with E-state index >= 15 is 0 Å². The summed E-state index contributed by atoms with van der Waals surface area (Å²) in [7, 11) is 0. The van der Waals surface area contributed by atoms with Crippen LogP contribution in [0.15, 0.2) is 58.8 Å². The number of nitrogens with zero attached hydrogens (tertiary/aromatic N) is 3. The molecule has 0 saturated heterocycles. The number of aromatic nitrogens is 3. The fourth-order valence-corrected chi connectivity index (χ4v) is 3.48. The zero-order chi connectivity index (χ0) is 21.3. The van der Waals surface area contributed by atoms with Gasteiger partial charge in [0.15, 0.2) is 22.4 Å². The Labute approximate surface area is 179 Å². The molecule has 0 aliphatic carbocycles. The first-order valence-electron chi connectivity index (χ1n) is 9.56. The number of anilines is 1. The summed E-state index contributed by atoms with van der Waals surface area (Å²) in [6.45, 7) is 9.12. The minimum Gasteiger partial charge on any atom is -0.490 e. The van der Waals surface area contributed by atoms with Crippen molar-refractivity contribution in [1.82, 2.24) is 14.8 Å². The zero-order valence-electron chi connectivity index (χ0n) is 17.0. The number of hydrogen-bond acceptors (Lipinski definition) is 7. The lowest BCUT2D eigenvalue weighted by Crippen LogP contribution is -2.15. The predicted octanol–water partition coefficient (Wildman–Crippen LogP) is 4.25. The molecular formula is C21H24N4O4S. The van der Waals surface area contributed by atoms with E-state index in [4.69, 9.17) is 13.9 Å². The number of rotatable bonds is 11. The first kappa shape index (κ1) is 21.5. The van der Waals surface area contributed by atoms with Gasteiger partial charge in [0.25, 0.3) is 0 Å². The van der Waals surface area contributed by atoms with Gasteiger partial charge in [-0.1, -0.05) is 17.8 Å². The Hall–Kier alpha value is -3.20. The number of furan rings is 1. The van der Waals surface area contributed by atoms with Crippen LogP contribution >= 0.6 is 11.8 Å². The largest absolute Gasteiger partial charge is 0.490 e. The Morgan fingerprint density at radius 2 is 2.03 bits per heavy atom. The molecule has 0 saturated carbocycles. The van der Waals surface area contributed by atoms with E-state index in [1.807, 2.05) is 24.5 Å². The smallest absolute Gasteiger partial charge is 0.234 e. The Balaban J connectivity index is 1.66. The number of carbonyl (C=O) groups excluding carboxylic acids is 1. The molecule has 0 bridgehead atoms. The van der Waals surface area contributed by atoms with Crippen LogP contribution in [0, 0.1) is 0 Å². The van der Waals surface area contributed by atoms with Gasteiger partial charge in [-0.3, -0.25) is 9.36 Å². The number of allylic oxidation sites excluding steroid dienone is 1. The van der Waals surface area contributed by atoms with Gasteiger partial charge < -0.3 is 19.2 Å². The normalized spacial score (nSPS) is 10.6. The summed E-state index contributed by atoms with van der Waals surface area (Å²) in [4.78, 5) is 12.5. The molecule has 0 aliphatic rings. The van der Waals surface area contributed by atoms with Crippen LogP contribution in [0.3, 0.4) is 0 Å². The summed E-state index contributed by atoms with van der Waals surface area (Å²) in [5.41, 5.74) is 0.635. The molecule has 158 valence electrons. The third-order valence-electron chi connectivity index (χ3n) is 3.93. The highest BCUT2D eigenvalue weighted by molar-refractivity contribution is 7.99. The van der Waals surface area contributed by atoms with Crippen LogP contribution in [0.4, 0.5) is 5.69 Å². The summed E-state index contributed by atoms with van der Waals surface area (Å²) in [6.07, 6.45) is 3.32. The molecule has 0 aliphatic heterocycles. The maximum atomic E-state index is 12.5. The highest BCUT2D eigenvalue weighted by atomic mass is 32.2. The Bertz CT molecular complexity index is 985. The molecule has 0 radical (unpaired) electrons. The minimum atomic E-state index is -0.167. The second kappa shape index (κ2) is 10.5. The number of hydrogen-bond donors (Lipinski definition) is 1. The van der Waals surface area contributed by atoms with Gasteiger partial charge in [-0.15, -0.1) is 16.8 Å². The van der Waals surface area contributed by atoms with Crippen LogP contribution in [0.1, 0.15) is 13.8 Å². The summed E-state index contributed by atoms with van der Waals surface area (Å²) in [5.74, 6) is 2.45. The maximum Gasteiger partial charge on any atom is 0.234 e. The van der Waals surface area contributed by atoms with E-state index in [9.17, 15) is 4.79 Å². The van der Waals surface area contributed by atoms with Crippen molar-refractivity contribution in [3.05, 3.63) is 49.2 Å². The highest BCUT2D eigenvalue weighted by Gasteiger charge is 2.17. The van der Waals surface area contributed by atoms with E-state index in [2.05, 4.69) is 22.1 Å². The van der Waals surface area contributed by atoms with Crippen molar-refractivity contribution in [2.45, 2.75) is 25.5 Å². The predicted molar refractivity (Wildman–Crippen MR) is 116 cm³/mol. The molecule has 2 aromatic heterocycles. The Morgan fingerprint density at radius 1 is 1.23 bits per heavy atom. The molecular weight excluding hydrogens is 404 g/mol. The van der Waals surface area contributed by atoms with Gasteiger partial charge >= 0.3 is 0 Å². The molecule has 1 amide bonds. The fourth-order valence-electron chi connectivity index (χ4n) is 2.73. The molecule has 3 aromatic rings. The molecule has 1 aromatic carbocycles. The zero-order valence-corrected chi connectivity index (χ0v) is 17.8. The number of nitrogens with one attached hydrogen (secondary N) is 1. The van der Waals surface area contributed by atoms with E-state index in [0.717, 1.165) is 0 Å². The molecule has 0 unspecified atom stereocenters. The van der Waals surface area contributed by atoms with Crippen LogP contribution in [0.25, 0.3) is 11.6 Å². The van der Waals surface area contributed by atoms with Crippen LogP contribution < -0.4 is 14.8 Å². The molecule has 0 spiro atoms. The summed E-state index contributed by atoms with van der Waals surface area (Å²) >= 11 is 1.29. The average molecular weight is 429 g/mol. The van der Waals surface area contributed by atoms with E-state index < -0.39 is 0 Å². The molecule has 9 heteroatoms. The summed E-state index contributed by atoms with van der Waals surface area (Å²) < 4.78 is 18.4. The van der Waals surface area contributed by atoms with Crippen LogP contribution in [0.2, 0.25) is 0 Å². The van der Waals surface area contributed by atoms with Crippen LogP contribution in [-0.2, 0) is 11.3 Å². The highest BCUT2D eigenvalue weighted by Crippen LogP contribution is 2.31. The number of thioether (sulfide) groups is 1. The van der Waals surface area contributed by atoms with Crippen molar-refractivity contribution in [3.8, 4) is 23.1 Å². The number of ether oxygens (including phenoxy) is 2. The summed E-state index contributed by atoms with van der Waals surface area (Å²) in [6, 6.07) is 8.92. The molecule has 3 rings (SSSR count). The first-order valence-corrected chi connectivity index (χ1v) is 10.5. The summed E-state index contributed by atoms with van der Waals surface area (Å²) in [5, 5.41) is 11.9. The molecule has 8 nitrogen and oxygen atoms in total. The van der Waals surface area contributed by atoms with E-state index in [-0.39, 0.29) is 11.7 Å². The fraction of sp³-hybridized carbons (Fsp3) is 0.286. The molecule has 1 N–H and O–H groups in total. The van der Waals surface area contributed by atoms with Crippen molar-refractivity contribution in [2.75, 3.05) is 24.3 Å². The second-order valence-corrected chi connectivity index (χ2v) is 6.99. The van der Waals surface area contributed by atoms with E-state index in [1.165, 1.54) is 11.8 Å². The molecule has 30 heavy (non-hydrogen) atoms.